The van der Waals surface area contributed by atoms with Gasteiger partial charge in [-0.1, -0.05) is 54.1 Å². The summed E-state index contributed by atoms with van der Waals surface area (Å²) in [7, 11) is 0. The maximum atomic E-state index is 13.3. The number of benzene rings is 3. The van der Waals surface area contributed by atoms with E-state index in [0.717, 1.165) is 52.8 Å². The summed E-state index contributed by atoms with van der Waals surface area (Å²) in [6.45, 7) is 4.27. The van der Waals surface area contributed by atoms with Gasteiger partial charge in [0.2, 0.25) is 5.91 Å². The van der Waals surface area contributed by atoms with E-state index in [4.69, 9.17) is 4.98 Å². The van der Waals surface area contributed by atoms with Gasteiger partial charge in [-0.3, -0.25) is 4.79 Å². The van der Waals surface area contributed by atoms with Crippen molar-refractivity contribution in [1.29, 1.82) is 0 Å². The van der Waals surface area contributed by atoms with Gasteiger partial charge in [0.15, 0.2) is 0 Å². The molecule has 1 N–H and O–H groups in total. The van der Waals surface area contributed by atoms with E-state index in [2.05, 4.69) is 79.5 Å². The van der Waals surface area contributed by atoms with Crippen LogP contribution < -0.4 is 4.90 Å². The molecule has 0 bridgehead atoms. The number of rotatable bonds is 5. The van der Waals surface area contributed by atoms with Gasteiger partial charge in [0.25, 0.3) is 0 Å². The van der Waals surface area contributed by atoms with Crippen molar-refractivity contribution in [2.75, 3.05) is 4.90 Å². The molecule has 1 aliphatic heterocycles. The van der Waals surface area contributed by atoms with Crippen LogP contribution in [0, 0.1) is 6.92 Å². The minimum atomic E-state index is 0.212. The molecule has 1 amide bonds. The zero-order chi connectivity index (χ0) is 23.9. The zero-order valence-electron chi connectivity index (χ0n) is 20.2. The largest absolute Gasteiger partial charge is 0.353 e. The quantitative estimate of drug-likeness (QED) is 0.308. The first kappa shape index (κ1) is 21.6. The van der Waals surface area contributed by atoms with E-state index in [-0.39, 0.29) is 11.9 Å². The van der Waals surface area contributed by atoms with E-state index < -0.39 is 0 Å². The van der Waals surface area contributed by atoms with Gasteiger partial charge in [0.05, 0.1) is 16.9 Å². The number of nitrogens with one attached hydrogen (secondary N) is 1. The molecular weight excluding hydrogens is 430 g/mol. The monoisotopic (exact) mass is 459 g/mol. The molecule has 0 saturated carbocycles. The molecular formula is C31H29N3O. The van der Waals surface area contributed by atoms with Gasteiger partial charge in [0.1, 0.15) is 0 Å². The summed E-state index contributed by atoms with van der Waals surface area (Å²) in [5.74, 6) is 0.212. The Morgan fingerprint density at radius 3 is 2.77 bits per heavy atom. The number of aromatic amines is 1. The van der Waals surface area contributed by atoms with Gasteiger partial charge >= 0.3 is 0 Å². The van der Waals surface area contributed by atoms with Crippen molar-refractivity contribution in [3.8, 4) is 11.4 Å². The van der Waals surface area contributed by atoms with Crippen LogP contribution in [0.15, 0.2) is 78.9 Å². The Bertz CT molecular complexity index is 1560. The second-order valence-corrected chi connectivity index (χ2v) is 9.72. The third-order valence-corrected chi connectivity index (χ3v) is 7.21. The summed E-state index contributed by atoms with van der Waals surface area (Å²) < 4.78 is 0. The van der Waals surface area contributed by atoms with Crippen molar-refractivity contribution in [1.82, 2.24) is 9.97 Å². The van der Waals surface area contributed by atoms with Crippen LogP contribution in [0.4, 0.5) is 5.69 Å². The minimum Gasteiger partial charge on any atom is -0.353 e. The minimum absolute atomic E-state index is 0.212. The van der Waals surface area contributed by atoms with Crippen LogP contribution in [-0.4, -0.2) is 21.9 Å². The van der Waals surface area contributed by atoms with E-state index in [1.165, 1.54) is 22.1 Å². The maximum absolute atomic E-state index is 13.3. The molecule has 4 heteroatoms. The molecule has 3 heterocycles. The van der Waals surface area contributed by atoms with Crippen molar-refractivity contribution >= 4 is 33.4 Å². The fourth-order valence-corrected chi connectivity index (χ4v) is 5.53. The highest BCUT2D eigenvalue weighted by atomic mass is 16.2. The number of amides is 1. The van der Waals surface area contributed by atoms with Crippen LogP contribution in [0.1, 0.15) is 36.5 Å². The summed E-state index contributed by atoms with van der Waals surface area (Å²) in [4.78, 5) is 23.9. The van der Waals surface area contributed by atoms with E-state index in [1.807, 2.05) is 23.1 Å². The number of hydrogen-bond donors (Lipinski definition) is 1. The number of fused-ring (bicyclic) bond motifs is 3. The van der Waals surface area contributed by atoms with Crippen LogP contribution in [0.25, 0.3) is 33.2 Å². The van der Waals surface area contributed by atoms with Gasteiger partial charge in [-0.25, -0.2) is 4.98 Å². The summed E-state index contributed by atoms with van der Waals surface area (Å²) in [5.41, 5.74) is 8.93. The first-order chi connectivity index (χ1) is 17.1. The number of aromatic nitrogens is 2. The number of aryl methyl sites for hydroxylation is 2. The lowest BCUT2D eigenvalue weighted by Gasteiger charge is -2.22. The average molecular weight is 460 g/mol. The van der Waals surface area contributed by atoms with Gasteiger partial charge in [-0.05, 0) is 74.6 Å². The number of H-pyrrole nitrogens is 1. The maximum Gasteiger partial charge on any atom is 0.227 e. The second-order valence-electron chi connectivity index (χ2n) is 9.72. The molecule has 0 aliphatic carbocycles. The Morgan fingerprint density at radius 1 is 1.03 bits per heavy atom. The molecule has 174 valence electrons. The number of carbonyl (C=O) groups is 1. The smallest absolute Gasteiger partial charge is 0.227 e. The van der Waals surface area contributed by atoms with Crippen LogP contribution >= 0.6 is 0 Å². The number of para-hydroxylation sites is 2. The van der Waals surface area contributed by atoms with E-state index in [9.17, 15) is 4.79 Å². The Balaban J connectivity index is 1.30. The van der Waals surface area contributed by atoms with Crippen molar-refractivity contribution < 1.29 is 4.79 Å². The molecule has 1 unspecified atom stereocenters. The molecule has 0 fully saturated rings. The van der Waals surface area contributed by atoms with Crippen LogP contribution in [-0.2, 0) is 17.6 Å². The number of nitrogens with zero attached hydrogens (tertiary/aromatic N) is 2. The Labute approximate surface area is 205 Å². The standard InChI is InChI=1S/C31H29N3O/c1-20-14-16-27-25(18-20)24(31(33-27)28-17-15-22-8-3-5-11-26(22)32-28)10-7-13-30(35)34-21(2)19-23-9-4-6-12-29(23)34/h3-6,8-9,11-12,14-18,21,33H,7,10,13,19H2,1-2H3. The molecule has 2 aromatic heterocycles. The molecule has 1 atom stereocenters. The lowest BCUT2D eigenvalue weighted by atomic mass is 10.0. The Kier molecular flexibility index (Phi) is 5.37. The fraction of sp³-hybridized carbons (Fsp3) is 0.226. The van der Waals surface area contributed by atoms with E-state index in [0.29, 0.717) is 6.42 Å². The summed E-state index contributed by atoms with van der Waals surface area (Å²) in [6.07, 6.45) is 3.08. The van der Waals surface area contributed by atoms with Crippen molar-refractivity contribution in [2.24, 2.45) is 0 Å². The van der Waals surface area contributed by atoms with Gasteiger partial charge in [-0.15, -0.1) is 0 Å². The van der Waals surface area contributed by atoms with Crippen molar-refractivity contribution in [3.05, 3.63) is 95.6 Å². The molecule has 0 radical (unpaired) electrons. The van der Waals surface area contributed by atoms with Gasteiger partial charge in [-0.2, -0.15) is 0 Å². The molecule has 4 nitrogen and oxygen atoms in total. The topological polar surface area (TPSA) is 49.0 Å². The molecule has 1 aliphatic rings. The summed E-state index contributed by atoms with van der Waals surface area (Å²) >= 11 is 0. The normalized spacial score (nSPS) is 15.1. The van der Waals surface area contributed by atoms with Crippen molar-refractivity contribution in [3.63, 3.8) is 0 Å². The lowest BCUT2D eigenvalue weighted by molar-refractivity contribution is -0.119. The Hall–Kier alpha value is -3.92. The van der Waals surface area contributed by atoms with Gasteiger partial charge < -0.3 is 9.88 Å². The average Bonchev–Trinajstić information content (AvgIpc) is 3.40. The molecule has 3 aromatic carbocycles. The lowest BCUT2D eigenvalue weighted by Crippen LogP contribution is -2.35. The Morgan fingerprint density at radius 2 is 1.86 bits per heavy atom. The fourth-order valence-electron chi connectivity index (χ4n) is 5.53. The van der Waals surface area contributed by atoms with Crippen LogP contribution in [0.2, 0.25) is 0 Å². The molecule has 6 rings (SSSR count). The van der Waals surface area contributed by atoms with Crippen LogP contribution in [0.5, 0.6) is 0 Å². The van der Waals surface area contributed by atoms with Crippen LogP contribution in [0.3, 0.4) is 0 Å². The first-order valence-electron chi connectivity index (χ1n) is 12.5. The number of carbonyl (C=O) groups excluding carboxylic acids is 1. The van der Waals surface area contributed by atoms with Crippen molar-refractivity contribution in [2.45, 2.75) is 45.6 Å². The third kappa shape index (κ3) is 3.89. The molecule has 5 aromatic rings. The first-order valence-corrected chi connectivity index (χ1v) is 12.5. The second kappa shape index (κ2) is 8.70. The number of hydrogen-bond acceptors (Lipinski definition) is 2. The van der Waals surface area contributed by atoms with Gasteiger partial charge in [0, 0.05) is 34.4 Å². The molecule has 35 heavy (non-hydrogen) atoms. The highest BCUT2D eigenvalue weighted by molar-refractivity contribution is 5.96. The predicted octanol–water partition coefficient (Wildman–Crippen LogP) is 6.99. The predicted molar refractivity (Wildman–Crippen MR) is 144 cm³/mol. The molecule has 0 spiro atoms. The third-order valence-electron chi connectivity index (χ3n) is 7.21. The number of pyridine rings is 1. The molecule has 0 saturated heterocycles. The summed E-state index contributed by atoms with van der Waals surface area (Å²) in [6, 6.07) is 27.5. The number of anilines is 1. The van der Waals surface area contributed by atoms with E-state index in [1.54, 1.807) is 0 Å². The highest BCUT2D eigenvalue weighted by Crippen LogP contribution is 2.34. The zero-order valence-corrected chi connectivity index (χ0v) is 20.2. The summed E-state index contributed by atoms with van der Waals surface area (Å²) in [5, 5.41) is 2.36. The van der Waals surface area contributed by atoms with E-state index >= 15 is 0 Å². The highest BCUT2D eigenvalue weighted by Gasteiger charge is 2.30. The SMILES string of the molecule is Cc1ccc2[nH]c(-c3ccc4ccccc4n3)c(CCCC(=O)N3c4ccccc4CC3C)c2c1.